The molecule has 1 amide bonds. The normalized spacial score (nSPS) is 14.6. The van der Waals surface area contributed by atoms with E-state index in [4.69, 9.17) is 4.74 Å². The molecule has 1 N–H and O–H groups in total. The zero-order valence-corrected chi connectivity index (χ0v) is 18.0. The van der Waals surface area contributed by atoms with Crippen LogP contribution in [0.3, 0.4) is 0 Å². The van der Waals surface area contributed by atoms with Crippen LogP contribution in [0.4, 0.5) is 5.69 Å². The van der Waals surface area contributed by atoms with Gasteiger partial charge in [-0.15, -0.1) is 0 Å². The third-order valence-corrected chi connectivity index (χ3v) is 5.96. The molecule has 0 aliphatic carbocycles. The molecule has 2 aromatic carbocycles. The van der Waals surface area contributed by atoms with Gasteiger partial charge in [-0.3, -0.25) is 9.69 Å². The van der Waals surface area contributed by atoms with E-state index < -0.39 is 0 Å². The number of anilines is 1. The SMILES string of the molecule is CCOc1ccccc1N1CCN(CC(=O)NCCSCc2ccccc2)CC1. The molecule has 5 nitrogen and oxygen atoms in total. The number of hydrogen-bond donors (Lipinski definition) is 1. The van der Waals surface area contributed by atoms with E-state index in [0.717, 1.165) is 55.7 Å². The first-order valence-electron chi connectivity index (χ1n) is 10.3. The highest BCUT2D eigenvalue weighted by atomic mass is 32.2. The van der Waals surface area contributed by atoms with Crippen molar-refractivity contribution in [1.29, 1.82) is 0 Å². The first-order valence-corrected chi connectivity index (χ1v) is 11.5. The number of ether oxygens (including phenoxy) is 1. The summed E-state index contributed by atoms with van der Waals surface area (Å²) in [6.07, 6.45) is 0. The highest BCUT2D eigenvalue weighted by Gasteiger charge is 2.21. The van der Waals surface area contributed by atoms with Crippen LogP contribution in [0.15, 0.2) is 54.6 Å². The lowest BCUT2D eigenvalue weighted by atomic mass is 10.2. The van der Waals surface area contributed by atoms with Gasteiger partial charge in [-0.25, -0.2) is 0 Å². The van der Waals surface area contributed by atoms with Crippen molar-refractivity contribution in [2.24, 2.45) is 0 Å². The maximum atomic E-state index is 12.2. The Kier molecular flexibility index (Phi) is 8.71. The van der Waals surface area contributed by atoms with Crippen molar-refractivity contribution >= 4 is 23.4 Å². The zero-order chi connectivity index (χ0) is 20.3. The summed E-state index contributed by atoms with van der Waals surface area (Å²) in [5.41, 5.74) is 2.47. The molecule has 3 rings (SSSR count). The van der Waals surface area contributed by atoms with E-state index >= 15 is 0 Å². The number of nitrogens with one attached hydrogen (secondary N) is 1. The van der Waals surface area contributed by atoms with Crippen molar-refractivity contribution < 1.29 is 9.53 Å². The van der Waals surface area contributed by atoms with Crippen molar-refractivity contribution in [2.75, 3.05) is 56.5 Å². The second-order valence-electron chi connectivity index (χ2n) is 7.05. The van der Waals surface area contributed by atoms with Crippen LogP contribution in [0.25, 0.3) is 0 Å². The Morgan fingerprint density at radius 2 is 1.76 bits per heavy atom. The van der Waals surface area contributed by atoms with E-state index in [1.54, 1.807) is 0 Å². The van der Waals surface area contributed by atoms with Gasteiger partial charge >= 0.3 is 0 Å². The number of amides is 1. The standard InChI is InChI=1S/C23H31N3O2S/c1-2-28-22-11-7-6-10-21(22)26-15-13-25(14-16-26)18-23(27)24-12-17-29-19-20-8-4-3-5-9-20/h3-11H,2,12-19H2,1H3,(H,24,27). The minimum absolute atomic E-state index is 0.119. The van der Waals surface area contributed by atoms with Crippen molar-refractivity contribution in [2.45, 2.75) is 12.7 Å². The largest absolute Gasteiger partial charge is 0.492 e. The molecule has 1 saturated heterocycles. The van der Waals surface area contributed by atoms with Crippen molar-refractivity contribution in [3.05, 3.63) is 60.2 Å². The zero-order valence-electron chi connectivity index (χ0n) is 17.2. The Bertz CT molecular complexity index is 749. The molecule has 1 aliphatic rings. The van der Waals surface area contributed by atoms with Gasteiger partial charge in [-0.1, -0.05) is 42.5 Å². The summed E-state index contributed by atoms with van der Waals surface area (Å²) in [5, 5.41) is 3.05. The number of para-hydroxylation sites is 2. The van der Waals surface area contributed by atoms with Crippen molar-refractivity contribution in [1.82, 2.24) is 10.2 Å². The average molecular weight is 414 g/mol. The average Bonchev–Trinajstić information content (AvgIpc) is 2.75. The number of piperazine rings is 1. The van der Waals surface area contributed by atoms with Gasteiger partial charge in [-0.2, -0.15) is 11.8 Å². The predicted molar refractivity (Wildman–Crippen MR) is 122 cm³/mol. The quantitative estimate of drug-likeness (QED) is 0.606. The third kappa shape index (κ3) is 6.98. The number of carbonyl (C=O) groups is 1. The summed E-state index contributed by atoms with van der Waals surface area (Å²) < 4.78 is 5.75. The Hall–Kier alpha value is -2.18. The van der Waals surface area contributed by atoms with Crippen molar-refractivity contribution in [3.8, 4) is 5.75 Å². The summed E-state index contributed by atoms with van der Waals surface area (Å²) in [7, 11) is 0. The minimum atomic E-state index is 0.119. The molecule has 0 bridgehead atoms. The molecular formula is C23H31N3O2S. The Morgan fingerprint density at radius 1 is 1.03 bits per heavy atom. The van der Waals surface area contributed by atoms with Gasteiger partial charge in [0.05, 0.1) is 18.8 Å². The summed E-state index contributed by atoms with van der Waals surface area (Å²) in [4.78, 5) is 16.8. The number of hydrogen-bond acceptors (Lipinski definition) is 5. The summed E-state index contributed by atoms with van der Waals surface area (Å²) in [5.74, 6) is 2.98. The molecule has 0 aromatic heterocycles. The van der Waals surface area contributed by atoms with Gasteiger partial charge in [0.2, 0.25) is 5.91 Å². The number of thioether (sulfide) groups is 1. The van der Waals surface area contributed by atoms with Crippen LogP contribution >= 0.6 is 11.8 Å². The maximum Gasteiger partial charge on any atom is 0.234 e. The highest BCUT2D eigenvalue weighted by molar-refractivity contribution is 7.98. The molecule has 0 saturated carbocycles. The molecule has 6 heteroatoms. The van der Waals surface area contributed by atoms with Gasteiger partial charge in [0.1, 0.15) is 5.75 Å². The summed E-state index contributed by atoms with van der Waals surface area (Å²) in [6, 6.07) is 18.6. The molecule has 0 radical (unpaired) electrons. The van der Waals surface area contributed by atoms with E-state index in [2.05, 4.69) is 45.4 Å². The first-order chi connectivity index (χ1) is 14.3. The number of rotatable bonds is 10. The smallest absolute Gasteiger partial charge is 0.234 e. The van der Waals surface area contributed by atoms with E-state index in [-0.39, 0.29) is 5.91 Å². The molecule has 1 heterocycles. The van der Waals surface area contributed by atoms with Crippen LogP contribution in [0.2, 0.25) is 0 Å². The lowest BCUT2D eigenvalue weighted by Crippen LogP contribution is -2.49. The van der Waals surface area contributed by atoms with Crippen LogP contribution in [0.1, 0.15) is 12.5 Å². The van der Waals surface area contributed by atoms with E-state index in [1.165, 1.54) is 5.56 Å². The molecule has 1 aliphatic heterocycles. The first kappa shape index (κ1) is 21.5. The number of benzene rings is 2. The van der Waals surface area contributed by atoms with Gasteiger partial charge in [-0.05, 0) is 24.6 Å². The molecule has 0 spiro atoms. The Labute approximate surface area is 178 Å². The fourth-order valence-electron chi connectivity index (χ4n) is 3.43. The van der Waals surface area contributed by atoms with Crippen LogP contribution in [-0.4, -0.2) is 62.4 Å². The highest BCUT2D eigenvalue weighted by Crippen LogP contribution is 2.28. The van der Waals surface area contributed by atoms with Crippen LogP contribution in [0, 0.1) is 0 Å². The molecule has 156 valence electrons. The molecular weight excluding hydrogens is 382 g/mol. The fourth-order valence-corrected chi connectivity index (χ4v) is 4.25. The fraction of sp³-hybridized carbons (Fsp3) is 0.435. The number of carbonyl (C=O) groups excluding carboxylic acids is 1. The van der Waals surface area contributed by atoms with Gasteiger partial charge in [0.15, 0.2) is 0 Å². The molecule has 29 heavy (non-hydrogen) atoms. The van der Waals surface area contributed by atoms with Crippen LogP contribution < -0.4 is 15.0 Å². The molecule has 2 aromatic rings. The lowest BCUT2D eigenvalue weighted by Gasteiger charge is -2.36. The number of nitrogens with zero attached hydrogens (tertiary/aromatic N) is 2. The molecule has 0 atom stereocenters. The topological polar surface area (TPSA) is 44.8 Å². The third-order valence-electron chi connectivity index (χ3n) is 4.93. The van der Waals surface area contributed by atoms with Gasteiger partial charge < -0.3 is 15.0 Å². The van der Waals surface area contributed by atoms with Crippen LogP contribution in [0.5, 0.6) is 5.75 Å². The van der Waals surface area contributed by atoms with Gasteiger partial charge in [0, 0.05) is 44.2 Å². The Balaban J connectivity index is 1.32. The molecule has 0 unspecified atom stereocenters. The summed E-state index contributed by atoms with van der Waals surface area (Å²) >= 11 is 1.85. The molecule has 1 fully saturated rings. The van der Waals surface area contributed by atoms with E-state index in [9.17, 15) is 4.79 Å². The Morgan fingerprint density at radius 3 is 2.52 bits per heavy atom. The lowest BCUT2D eigenvalue weighted by molar-refractivity contribution is -0.122. The van der Waals surface area contributed by atoms with Gasteiger partial charge in [0.25, 0.3) is 0 Å². The predicted octanol–water partition coefficient (Wildman–Crippen LogP) is 3.26. The van der Waals surface area contributed by atoms with E-state index in [1.807, 2.05) is 43.0 Å². The monoisotopic (exact) mass is 413 g/mol. The van der Waals surface area contributed by atoms with E-state index in [0.29, 0.717) is 13.2 Å². The summed E-state index contributed by atoms with van der Waals surface area (Å²) in [6.45, 7) is 7.46. The second-order valence-corrected chi connectivity index (χ2v) is 8.16. The minimum Gasteiger partial charge on any atom is -0.492 e. The second kappa shape index (κ2) is 11.7. The van der Waals surface area contributed by atoms with Crippen LogP contribution in [-0.2, 0) is 10.5 Å². The maximum absolute atomic E-state index is 12.2. The van der Waals surface area contributed by atoms with Crippen molar-refractivity contribution in [3.63, 3.8) is 0 Å².